The Bertz CT molecular complexity index is 1420. The van der Waals surface area contributed by atoms with Gasteiger partial charge in [-0.3, -0.25) is 4.79 Å². The molecule has 0 heterocycles. The number of benzene rings is 4. The number of aryl methyl sites for hydroxylation is 1. The largest absolute Gasteiger partial charge is 0.489 e. The number of hydrogen-bond acceptors (Lipinski definition) is 5. The lowest BCUT2D eigenvalue weighted by molar-refractivity contribution is 0.0734. The molecule has 0 fully saturated rings. The van der Waals surface area contributed by atoms with Gasteiger partial charge in [0, 0.05) is 20.6 Å². The standard InChI is InChI=1S/C29H22BrClN2O4/c1-19-2-6-22(7-3-19)29(35)37-27-15-10-24(30)16-23(27)17-32-33-28(34)21-8-13-26(14-9-21)36-18-20-4-11-25(31)12-5-20/h2-17H,18H2,1H3,(H,33,34)/b32-17+. The van der Waals surface area contributed by atoms with Crippen LogP contribution in [0.3, 0.4) is 0 Å². The first-order chi connectivity index (χ1) is 17.9. The van der Waals surface area contributed by atoms with Crippen LogP contribution in [-0.4, -0.2) is 18.1 Å². The molecule has 0 aliphatic carbocycles. The Labute approximate surface area is 228 Å². The van der Waals surface area contributed by atoms with Crippen LogP contribution in [0.15, 0.2) is 101 Å². The smallest absolute Gasteiger partial charge is 0.343 e. The van der Waals surface area contributed by atoms with Crippen molar-refractivity contribution < 1.29 is 19.1 Å². The average molecular weight is 578 g/mol. The summed E-state index contributed by atoms with van der Waals surface area (Å²) in [6, 6.07) is 26.4. The van der Waals surface area contributed by atoms with E-state index in [1.54, 1.807) is 66.7 Å². The third-order valence-corrected chi connectivity index (χ3v) is 6.01. The number of carbonyl (C=O) groups excluding carboxylic acids is 2. The molecule has 0 spiro atoms. The molecule has 1 amide bonds. The van der Waals surface area contributed by atoms with Crippen LogP contribution < -0.4 is 14.9 Å². The molecule has 37 heavy (non-hydrogen) atoms. The first-order valence-corrected chi connectivity index (χ1v) is 12.4. The fourth-order valence-corrected chi connectivity index (χ4v) is 3.74. The summed E-state index contributed by atoms with van der Waals surface area (Å²) in [5.74, 6) is 0.0613. The van der Waals surface area contributed by atoms with Crippen molar-refractivity contribution in [2.75, 3.05) is 0 Å². The van der Waals surface area contributed by atoms with Crippen molar-refractivity contribution >= 4 is 45.6 Å². The molecule has 0 saturated heterocycles. The van der Waals surface area contributed by atoms with Gasteiger partial charge in [-0.05, 0) is 79.2 Å². The van der Waals surface area contributed by atoms with Gasteiger partial charge in [-0.15, -0.1) is 0 Å². The van der Waals surface area contributed by atoms with E-state index in [1.807, 2.05) is 31.2 Å². The Morgan fingerprint density at radius 3 is 2.30 bits per heavy atom. The number of nitrogens with one attached hydrogen (secondary N) is 1. The molecule has 4 aromatic carbocycles. The number of hydrogen-bond donors (Lipinski definition) is 1. The van der Waals surface area contributed by atoms with Gasteiger partial charge in [0.1, 0.15) is 18.1 Å². The number of carbonyl (C=O) groups is 2. The van der Waals surface area contributed by atoms with Crippen molar-refractivity contribution in [2.24, 2.45) is 5.10 Å². The van der Waals surface area contributed by atoms with E-state index in [9.17, 15) is 9.59 Å². The molecule has 0 aliphatic heterocycles. The number of esters is 1. The van der Waals surface area contributed by atoms with Crippen LogP contribution >= 0.6 is 27.5 Å². The zero-order chi connectivity index (χ0) is 26.2. The monoisotopic (exact) mass is 576 g/mol. The van der Waals surface area contributed by atoms with Crippen LogP contribution in [0.5, 0.6) is 11.5 Å². The Kier molecular flexibility index (Phi) is 8.72. The maximum absolute atomic E-state index is 12.5. The molecule has 0 atom stereocenters. The third kappa shape index (κ3) is 7.52. The highest BCUT2D eigenvalue weighted by Gasteiger charge is 2.12. The normalized spacial score (nSPS) is 10.8. The number of ether oxygens (including phenoxy) is 2. The molecule has 1 N–H and O–H groups in total. The summed E-state index contributed by atoms with van der Waals surface area (Å²) in [4.78, 5) is 25.1. The summed E-state index contributed by atoms with van der Waals surface area (Å²) in [5, 5.41) is 4.71. The van der Waals surface area contributed by atoms with E-state index >= 15 is 0 Å². The van der Waals surface area contributed by atoms with E-state index in [-0.39, 0.29) is 0 Å². The van der Waals surface area contributed by atoms with E-state index in [1.165, 1.54) is 6.21 Å². The van der Waals surface area contributed by atoms with Crippen LogP contribution in [0.1, 0.15) is 37.4 Å². The molecule has 4 aromatic rings. The van der Waals surface area contributed by atoms with Crippen LogP contribution in [0.2, 0.25) is 5.02 Å². The predicted molar refractivity (Wildman–Crippen MR) is 148 cm³/mol. The highest BCUT2D eigenvalue weighted by Crippen LogP contribution is 2.23. The van der Waals surface area contributed by atoms with E-state index in [0.29, 0.717) is 39.8 Å². The second-order valence-corrected chi connectivity index (χ2v) is 9.43. The van der Waals surface area contributed by atoms with Gasteiger partial charge in [-0.25, -0.2) is 10.2 Å². The zero-order valence-corrected chi connectivity index (χ0v) is 22.1. The lowest BCUT2D eigenvalue weighted by Gasteiger charge is -2.09. The van der Waals surface area contributed by atoms with Crippen LogP contribution in [0.4, 0.5) is 0 Å². The summed E-state index contributed by atoms with van der Waals surface area (Å²) >= 11 is 9.30. The van der Waals surface area contributed by atoms with Crippen LogP contribution in [-0.2, 0) is 6.61 Å². The highest BCUT2D eigenvalue weighted by atomic mass is 79.9. The molecule has 0 saturated carbocycles. The molecule has 4 rings (SSSR count). The van der Waals surface area contributed by atoms with Crippen molar-refractivity contribution in [3.63, 3.8) is 0 Å². The van der Waals surface area contributed by atoms with Gasteiger partial charge >= 0.3 is 5.97 Å². The first-order valence-electron chi connectivity index (χ1n) is 11.3. The van der Waals surface area contributed by atoms with Crippen LogP contribution in [0.25, 0.3) is 0 Å². The summed E-state index contributed by atoms with van der Waals surface area (Å²) < 4.78 is 12.1. The molecule has 0 unspecified atom stereocenters. The Morgan fingerprint density at radius 1 is 0.919 bits per heavy atom. The van der Waals surface area contributed by atoms with Gasteiger partial charge < -0.3 is 9.47 Å². The van der Waals surface area contributed by atoms with E-state index in [2.05, 4.69) is 26.5 Å². The van der Waals surface area contributed by atoms with E-state index < -0.39 is 11.9 Å². The maximum Gasteiger partial charge on any atom is 0.343 e. The number of halogens is 2. The van der Waals surface area contributed by atoms with Gasteiger partial charge in [-0.1, -0.05) is 57.4 Å². The summed E-state index contributed by atoms with van der Waals surface area (Å²) in [6.45, 7) is 2.33. The maximum atomic E-state index is 12.5. The van der Waals surface area contributed by atoms with E-state index in [0.717, 1.165) is 15.6 Å². The minimum absolute atomic E-state index is 0.314. The minimum Gasteiger partial charge on any atom is -0.489 e. The summed E-state index contributed by atoms with van der Waals surface area (Å²) in [7, 11) is 0. The Hall–Kier alpha value is -3.94. The quantitative estimate of drug-likeness (QED) is 0.106. The molecule has 0 radical (unpaired) electrons. The van der Waals surface area contributed by atoms with Crippen molar-refractivity contribution in [1.82, 2.24) is 5.43 Å². The highest BCUT2D eigenvalue weighted by molar-refractivity contribution is 9.10. The van der Waals surface area contributed by atoms with Gasteiger partial charge in [0.2, 0.25) is 0 Å². The Morgan fingerprint density at radius 2 is 1.59 bits per heavy atom. The van der Waals surface area contributed by atoms with Crippen molar-refractivity contribution in [3.05, 3.63) is 128 Å². The number of nitrogens with zero attached hydrogens (tertiary/aromatic N) is 1. The SMILES string of the molecule is Cc1ccc(C(=O)Oc2ccc(Br)cc2/C=N/NC(=O)c2ccc(OCc3ccc(Cl)cc3)cc2)cc1. The van der Waals surface area contributed by atoms with Crippen molar-refractivity contribution in [3.8, 4) is 11.5 Å². The van der Waals surface area contributed by atoms with Gasteiger partial charge in [0.25, 0.3) is 5.91 Å². The lowest BCUT2D eigenvalue weighted by atomic mass is 10.1. The molecule has 0 aliphatic rings. The summed E-state index contributed by atoms with van der Waals surface area (Å²) in [5.41, 5.74) is 5.88. The van der Waals surface area contributed by atoms with Crippen LogP contribution in [0, 0.1) is 6.92 Å². The van der Waals surface area contributed by atoms with Crippen molar-refractivity contribution in [1.29, 1.82) is 0 Å². The average Bonchev–Trinajstić information content (AvgIpc) is 2.90. The molecule has 6 nitrogen and oxygen atoms in total. The minimum atomic E-state index is -0.487. The number of hydrazone groups is 1. The predicted octanol–water partition coefficient (Wildman–Crippen LogP) is 6.97. The molecule has 186 valence electrons. The third-order valence-electron chi connectivity index (χ3n) is 5.27. The molecule has 0 aromatic heterocycles. The Balaban J connectivity index is 1.36. The van der Waals surface area contributed by atoms with Gasteiger partial charge in [-0.2, -0.15) is 5.10 Å². The van der Waals surface area contributed by atoms with E-state index in [4.69, 9.17) is 21.1 Å². The lowest BCUT2D eigenvalue weighted by Crippen LogP contribution is -2.17. The van der Waals surface area contributed by atoms with Gasteiger partial charge in [0.15, 0.2) is 0 Å². The molecule has 8 heteroatoms. The zero-order valence-electron chi connectivity index (χ0n) is 19.8. The molecular formula is C29H22BrClN2O4. The topological polar surface area (TPSA) is 77.0 Å². The van der Waals surface area contributed by atoms with Crippen molar-refractivity contribution in [2.45, 2.75) is 13.5 Å². The van der Waals surface area contributed by atoms with Gasteiger partial charge in [0.05, 0.1) is 11.8 Å². The second-order valence-electron chi connectivity index (χ2n) is 8.08. The fraction of sp³-hybridized carbons (Fsp3) is 0.0690. The number of rotatable bonds is 8. The number of amides is 1. The molecule has 0 bridgehead atoms. The first kappa shape index (κ1) is 26.1. The summed E-state index contributed by atoms with van der Waals surface area (Å²) in [6.07, 6.45) is 1.42. The molecular weight excluding hydrogens is 556 g/mol. The second kappa shape index (κ2) is 12.3. The fourth-order valence-electron chi connectivity index (χ4n) is 3.24.